The van der Waals surface area contributed by atoms with Crippen LogP contribution in [0.3, 0.4) is 0 Å². The number of hydrazone groups is 1. The maximum absolute atomic E-state index is 12.2. The summed E-state index contributed by atoms with van der Waals surface area (Å²) in [6.07, 6.45) is 2.67. The molecule has 6 heteroatoms. The second-order valence-corrected chi connectivity index (χ2v) is 7.50. The van der Waals surface area contributed by atoms with Gasteiger partial charge in [-0.3, -0.25) is 4.79 Å². The molecule has 1 aromatic heterocycles. The Morgan fingerprint density at radius 1 is 1.11 bits per heavy atom. The fraction of sp³-hybridized carbons (Fsp3) is 0.190. The summed E-state index contributed by atoms with van der Waals surface area (Å²) in [5.74, 6) is -0.0704. The zero-order valence-corrected chi connectivity index (χ0v) is 16.7. The first-order valence-corrected chi connectivity index (χ1v) is 9.57. The molecule has 2 aromatic carbocycles. The number of aryl methyl sites for hydroxylation is 1. The highest BCUT2D eigenvalue weighted by Gasteiger charge is 2.33. The lowest BCUT2D eigenvalue weighted by molar-refractivity contribution is -0.130. The van der Waals surface area contributed by atoms with Crippen molar-refractivity contribution in [3.8, 4) is 5.69 Å². The van der Waals surface area contributed by atoms with Gasteiger partial charge >= 0.3 is 0 Å². The van der Waals surface area contributed by atoms with E-state index in [1.807, 2.05) is 72.4 Å². The van der Waals surface area contributed by atoms with Crippen molar-refractivity contribution in [1.82, 2.24) is 14.8 Å². The van der Waals surface area contributed by atoms with E-state index >= 15 is 0 Å². The van der Waals surface area contributed by atoms with Crippen LogP contribution in [-0.2, 0) is 4.79 Å². The summed E-state index contributed by atoms with van der Waals surface area (Å²) in [5.41, 5.74) is 4.86. The molecule has 1 amide bonds. The molecule has 136 valence electrons. The van der Waals surface area contributed by atoms with Gasteiger partial charge in [0, 0.05) is 29.6 Å². The van der Waals surface area contributed by atoms with Gasteiger partial charge in [0.25, 0.3) is 0 Å². The molecule has 0 radical (unpaired) electrons. The van der Waals surface area contributed by atoms with Crippen LogP contribution < -0.4 is 0 Å². The van der Waals surface area contributed by atoms with Gasteiger partial charge in [0.1, 0.15) is 0 Å². The fourth-order valence-corrected chi connectivity index (χ4v) is 3.64. The lowest BCUT2D eigenvalue weighted by atomic mass is 9.99. The first-order valence-electron chi connectivity index (χ1n) is 8.78. The minimum atomic E-state index is -0.140. The minimum Gasteiger partial charge on any atom is -0.273 e. The fourth-order valence-electron chi connectivity index (χ4n) is 3.37. The van der Waals surface area contributed by atoms with Gasteiger partial charge in [-0.25, -0.2) is 9.69 Å². The number of carbonyl (C=O) groups is 1. The van der Waals surface area contributed by atoms with E-state index in [0.717, 1.165) is 32.7 Å². The highest BCUT2D eigenvalue weighted by atomic mass is 79.9. The molecule has 0 bridgehead atoms. The lowest BCUT2D eigenvalue weighted by Crippen LogP contribution is -2.24. The van der Waals surface area contributed by atoms with Crippen molar-refractivity contribution >= 4 is 27.5 Å². The van der Waals surface area contributed by atoms with Gasteiger partial charge in [0.15, 0.2) is 0 Å². The Hall–Kier alpha value is -2.73. The summed E-state index contributed by atoms with van der Waals surface area (Å²) in [6.45, 7) is 3.53. The normalized spacial score (nSPS) is 16.5. The summed E-state index contributed by atoms with van der Waals surface area (Å²) in [6, 6.07) is 17.8. The monoisotopic (exact) mass is 422 g/mol. The molecule has 1 aliphatic heterocycles. The van der Waals surface area contributed by atoms with Gasteiger partial charge < -0.3 is 0 Å². The van der Waals surface area contributed by atoms with Crippen LogP contribution in [0.25, 0.3) is 5.69 Å². The lowest BCUT2D eigenvalue weighted by Gasteiger charge is -2.19. The number of hydrogen-bond acceptors (Lipinski definition) is 3. The first kappa shape index (κ1) is 17.7. The van der Waals surface area contributed by atoms with Crippen molar-refractivity contribution in [2.45, 2.75) is 26.3 Å². The van der Waals surface area contributed by atoms with Crippen molar-refractivity contribution in [3.05, 3.63) is 82.1 Å². The second-order valence-electron chi connectivity index (χ2n) is 6.59. The SMILES string of the molecule is CC(=O)N1N=C(c2ccc(Br)cc2)C[C@@H]1c1cn(-c2ccccc2)nc1C. The summed E-state index contributed by atoms with van der Waals surface area (Å²) in [4.78, 5) is 12.2. The number of hydrogen-bond donors (Lipinski definition) is 0. The maximum Gasteiger partial charge on any atom is 0.240 e. The summed E-state index contributed by atoms with van der Waals surface area (Å²) in [7, 11) is 0. The molecule has 1 aliphatic rings. The smallest absolute Gasteiger partial charge is 0.240 e. The minimum absolute atomic E-state index is 0.0704. The zero-order chi connectivity index (χ0) is 19.0. The van der Waals surface area contributed by atoms with E-state index in [4.69, 9.17) is 0 Å². The molecule has 0 unspecified atom stereocenters. The van der Waals surface area contributed by atoms with Crippen molar-refractivity contribution in [2.24, 2.45) is 5.10 Å². The van der Waals surface area contributed by atoms with Gasteiger partial charge in [-0.05, 0) is 36.8 Å². The molecule has 0 N–H and O–H groups in total. The van der Waals surface area contributed by atoms with E-state index in [9.17, 15) is 4.79 Å². The van der Waals surface area contributed by atoms with Gasteiger partial charge in [0.2, 0.25) is 5.91 Å². The molecule has 2 heterocycles. The Bertz CT molecular complexity index is 1010. The molecule has 0 spiro atoms. The Labute approximate surface area is 166 Å². The van der Waals surface area contributed by atoms with Gasteiger partial charge in [-0.15, -0.1) is 0 Å². The predicted molar refractivity (Wildman–Crippen MR) is 109 cm³/mol. The van der Waals surface area contributed by atoms with E-state index in [0.29, 0.717) is 6.42 Å². The molecule has 0 aliphatic carbocycles. The Balaban J connectivity index is 1.68. The second kappa shape index (κ2) is 7.12. The molecule has 27 heavy (non-hydrogen) atoms. The number of aromatic nitrogens is 2. The molecular formula is C21H19BrN4O. The number of carbonyl (C=O) groups excluding carboxylic acids is 1. The van der Waals surface area contributed by atoms with Crippen LogP contribution in [0.1, 0.15) is 36.2 Å². The topological polar surface area (TPSA) is 50.5 Å². The summed E-state index contributed by atoms with van der Waals surface area (Å²) < 4.78 is 2.88. The van der Waals surface area contributed by atoms with Crippen LogP contribution in [-0.4, -0.2) is 26.4 Å². The van der Waals surface area contributed by atoms with Gasteiger partial charge in [-0.1, -0.05) is 46.3 Å². The summed E-state index contributed by atoms with van der Waals surface area (Å²) >= 11 is 3.46. The molecular weight excluding hydrogens is 404 g/mol. The number of nitrogens with zero attached hydrogens (tertiary/aromatic N) is 4. The number of amides is 1. The van der Waals surface area contributed by atoms with Crippen molar-refractivity contribution in [3.63, 3.8) is 0 Å². The van der Waals surface area contributed by atoms with Crippen LogP contribution in [0.15, 0.2) is 70.4 Å². The van der Waals surface area contributed by atoms with Crippen molar-refractivity contribution < 1.29 is 4.79 Å². The summed E-state index contributed by atoms with van der Waals surface area (Å²) in [5, 5.41) is 10.8. The first-order chi connectivity index (χ1) is 13.0. The van der Waals surface area contributed by atoms with Crippen LogP contribution in [0.5, 0.6) is 0 Å². The van der Waals surface area contributed by atoms with Crippen LogP contribution >= 0.6 is 15.9 Å². The molecule has 3 aromatic rings. The number of para-hydroxylation sites is 1. The van der Waals surface area contributed by atoms with Crippen molar-refractivity contribution in [2.75, 3.05) is 0 Å². The van der Waals surface area contributed by atoms with Crippen LogP contribution in [0.2, 0.25) is 0 Å². The van der Waals surface area contributed by atoms with E-state index in [1.54, 1.807) is 11.9 Å². The number of halogens is 1. The van der Waals surface area contributed by atoms with Crippen LogP contribution in [0.4, 0.5) is 0 Å². The van der Waals surface area contributed by atoms with E-state index < -0.39 is 0 Å². The van der Waals surface area contributed by atoms with Crippen LogP contribution in [0, 0.1) is 6.92 Å². The highest BCUT2D eigenvalue weighted by molar-refractivity contribution is 9.10. The van der Waals surface area contributed by atoms with E-state index in [-0.39, 0.29) is 11.9 Å². The molecule has 1 atom stereocenters. The Morgan fingerprint density at radius 3 is 2.48 bits per heavy atom. The molecule has 0 saturated heterocycles. The predicted octanol–water partition coefficient (Wildman–Crippen LogP) is 4.64. The molecule has 5 nitrogen and oxygen atoms in total. The quantitative estimate of drug-likeness (QED) is 0.616. The molecule has 4 rings (SSSR count). The maximum atomic E-state index is 12.2. The third-order valence-corrected chi connectivity index (χ3v) is 5.26. The average Bonchev–Trinajstić information content (AvgIpc) is 3.27. The average molecular weight is 423 g/mol. The number of benzene rings is 2. The van der Waals surface area contributed by atoms with E-state index in [1.165, 1.54) is 0 Å². The van der Waals surface area contributed by atoms with Crippen molar-refractivity contribution in [1.29, 1.82) is 0 Å². The van der Waals surface area contributed by atoms with Gasteiger partial charge in [0.05, 0.1) is 23.1 Å². The van der Waals surface area contributed by atoms with E-state index in [2.05, 4.69) is 26.1 Å². The van der Waals surface area contributed by atoms with Gasteiger partial charge in [-0.2, -0.15) is 10.2 Å². The Kier molecular flexibility index (Phi) is 4.66. The third kappa shape index (κ3) is 3.45. The largest absolute Gasteiger partial charge is 0.273 e. The Morgan fingerprint density at radius 2 is 1.81 bits per heavy atom. The highest BCUT2D eigenvalue weighted by Crippen LogP contribution is 2.34. The molecule has 0 saturated carbocycles. The third-order valence-electron chi connectivity index (χ3n) is 4.73. The molecule has 0 fully saturated rings. The standard InChI is InChI=1S/C21H19BrN4O/c1-14-19(13-25(23-14)18-6-4-3-5-7-18)21-12-20(24-26(21)15(2)27)16-8-10-17(22)11-9-16/h3-11,13,21H,12H2,1-2H3/t21-/m1/s1. The number of rotatable bonds is 3. The zero-order valence-electron chi connectivity index (χ0n) is 15.1.